The molecule has 2 fully saturated rings. The molecule has 0 unspecified atom stereocenters. The molecule has 0 aliphatic carbocycles. The highest BCUT2D eigenvalue weighted by atomic mass is 32.1. The van der Waals surface area contributed by atoms with Crippen LogP contribution in [0.2, 0.25) is 0 Å². The molecule has 0 bridgehead atoms. The van der Waals surface area contributed by atoms with Crippen molar-refractivity contribution in [3.63, 3.8) is 0 Å². The molecule has 0 saturated carbocycles. The first-order valence-corrected chi connectivity index (χ1v) is 10.3. The first kappa shape index (κ1) is 20.5. The summed E-state index contributed by atoms with van der Waals surface area (Å²) in [5.74, 6) is -1.91. The van der Waals surface area contributed by atoms with Gasteiger partial charge in [-0.3, -0.25) is 14.5 Å². The van der Waals surface area contributed by atoms with Gasteiger partial charge in [-0.2, -0.15) is 0 Å². The lowest BCUT2D eigenvalue weighted by atomic mass is 10.2. The maximum atomic E-state index is 14.9. The Morgan fingerprint density at radius 1 is 1.23 bits per heavy atom. The molecule has 2 aliphatic heterocycles. The quantitative estimate of drug-likeness (QED) is 0.788. The Morgan fingerprint density at radius 2 is 2.00 bits per heavy atom. The molecule has 2 saturated heterocycles. The van der Waals surface area contributed by atoms with Crippen molar-refractivity contribution in [1.29, 1.82) is 0 Å². The van der Waals surface area contributed by atoms with Gasteiger partial charge in [-0.1, -0.05) is 6.07 Å². The van der Waals surface area contributed by atoms with Crippen molar-refractivity contribution in [2.75, 3.05) is 49.1 Å². The normalized spacial score (nSPS) is 19.8. The van der Waals surface area contributed by atoms with Gasteiger partial charge in [0.1, 0.15) is 11.8 Å². The van der Waals surface area contributed by atoms with Crippen LogP contribution in [0.4, 0.5) is 25.0 Å². The highest BCUT2D eigenvalue weighted by molar-refractivity contribution is 7.12. The van der Waals surface area contributed by atoms with E-state index in [1.807, 2.05) is 0 Å². The van der Waals surface area contributed by atoms with Gasteiger partial charge in [0.15, 0.2) is 11.6 Å². The van der Waals surface area contributed by atoms with Crippen molar-refractivity contribution in [2.24, 2.45) is 5.73 Å². The van der Waals surface area contributed by atoms with E-state index in [-0.39, 0.29) is 56.6 Å². The number of rotatable bonds is 4. The van der Waals surface area contributed by atoms with Crippen LogP contribution in [0.15, 0.2) is 29.6 Å². The molecule has 160 valence electrons. The lowest BCUT2D eigenvalue weighted by Gasteiger charge is -2.24. The summed E-state index contributed by atoms with van der Waals surface area (Å²) in [5, 5.41) is 3.00. The summed E-state index contributed by atoms with van der Waals surface area (Å²) < 4.78 is 34.8. The predicted molar refractivity (Wildman–Crippen MR) is 107 cm³/mol. The number of anilines is 2. The number of benzene rings is 1. The van der Waals surface area contributed by atoms with Crippen molar-refractivity contribution in [1.82, 2.24) is 5.06 Å². The zero-order chi connectivity index (χ0) is 21.3. The second-order valence-electron chi connectivity index (χ2n) is 6.81. The molecule has 0 radical (unpaired) electrons. The number of halogens is 2. The van der Waals surface area contributed by atoms with Crippen LogP contribution >= 0.6 is 11.3 Å². The second kappa shape index (κ2) is 8.54. The third-order valence-electron chi connectivity index (χ3n) is 4.91. The van der Waals surface area contributed by atoms with Crippen molar-refractivity contribution in [2.45, 2.75) is 6.10 Å². The van der Waals surface area contributed by atoms with Crippen molar-refractivity contribution in [3.05, 3.63) is 46.2 Å². The highest BCUT2D eigenvalue weighted by Crippen LogP contribution is 2.31. The van der Waals surface area contributed by atoms with Crippen LogP contribution in [0, 0.1) is 11.6 Å². The minimum atomic E-state index is -0.813. The fourth-order valence-corrected chi connectivity index (χ4v) is 4.08. The summed E-state index contributed by atoms with van der Waals surface area (Å²) in [6.07, 6.45) is -1.21. The zero-order valence-electron chi connectivity index (χ0n) is 15.9. The lowest BCUT2D eigenvalue weighted by Crippen LogP contribution is -2.34. The SMILES string of the molecule is NC[C@H]1CN(c2cc(F)c(N3CCON(C(=O)c4cccs4)CC3)c(F)c2)C(=O)O1. The maximum absolute atomic E-state index is 14.9. The predicted octanol–water partition coefficient (Wildman–Crippen LogP) is 2.20. The number of ether oxygens (including phenoxy) is 1. The van der Waals surface area contributed by atoms with E-state index in [4.69, 9.17) is 15.3 Å². The molecule has 1 atom stereocenters. The molecule has 2 amide bonds. The van der Waals surface area contributed by atoms with Gasteiger partial charge in [0, 0.05) is 31.8 Å². The van der Waals surface area contributed by atoms with Crippen LogP contribution in [0.1, 0.15) is 9.67 Å². The first-order chi connectivity index (χ1) is 14.5. The van der Waals surface area contributed by atoms with Crippen LogP contribution in [0.3, 0.4) is 0 Å². The van der Waals surface area contributed by atoms with Gasteiger partial charge in [-0.15, -0.1) is 11.3 Å². The van der Waals surface area contributed by atoms with Gasteiger partial charge >= 0.3 is 6.09 Å². The van der Waals surface area contributed by atoms with Gasteiger partial charge in [0.25, 0.3) is 5.91 Å². The Kier molecular flexibility index (Phi) is 5.84. The fourth-order valence-electron chi connectivity index (χ4n) is 3.42. The van der Waals surface area contributed by atoms with Crippen molar-refractivity contribution >= 4 is 34.7 Å². The molecule has 8 nitrogen and oxygen atoms in total. The van der Waals surface area contributed by atoms with Gasteiger partial charge in [0.05, 0.1) is 30.3 Å². The summed E-state index contributed by atoms with van der Waals surface area (Å²) >= 11 is 1.29. The molecule has 2 N–H and O–H groups in total. The molecular formula is C19H20F2N4O4S. The third kappa shape index (κ3) is 3.95. The Labute approximate surface area is 175 Å². The molecule has 1 aromatic carbocycles. The number of cyclic esters (lactones) is 1. The van der Waals surface area contributed by atoms with Gasteiger partial charge in [0.2, 0.25) is 0 Å². The molecule has 1 aromatic heterocycles. The van der Waals surface area contributed by atoms with E-state index in [9.17, 15) is 18.4 Å². The zero-order valence-corrected chi connectivity index (χ0v) is 16.7. The molecule has 3 heterocycles. The first-order valence-electron chi connectivity index (χ1n) is 9.38. The number of nitrogens with two attached hydrogens (primary N) is 1. The number of hydrogen-bond donors (Lipinski definition) is 1. The molecule has 4 rings (SSSR count). The van der Waals surface area contributed by atoms with Crippen LogP contribution in [0.5, 0.6) is 0 Å². The summed E-state index contributed by atoms with van der Waals surface area (Å²) in [6.45, 7) is 0.876. The van der Waals surface area contributed by atoms with E-state index in [2.05, 4.69) is 0 Å². The van der Waals surface area contributed by atoms with E-state index in [0.717, 1.165) is 17.0 Å². The molecule has 2 aliphatic rings. The standard InChI is InChI=1S/C19H20F2N4O4S/c20-14-8-12(24-11-13(10-22)29-19(24)27)9-15(21)17(14)23-3-4-25(28-6-5-23)18(26)16-2-1-7-30-16/h1-2,7-9,13H,3-6,10-11,22H2/t13-/m0/s1. The van der Waals surface area contributed by atoms with Crippen LogP contribution in [-0.4, -0.2) is 62.5 Å². The van der Waals surface area contributed by atoms with Gasteiger partial charge in [-0.25, -0.2) is 18.6 Å². The number of hydrogen-bond acceptors (Lipinski definition) is 7. The van der Waals surface area contributed by atoms with Crippen molar-refractivity contribution < 1.29 is 27.9 Å². The van der Waals surface area contributed by atoms with Crippen molar-refractivity contribution in [3.8, 4) is 0 Å². The van der Waals surface area contributed by atoms with Crippen LogP contribution in [-0.2, 0) is 9.57 Å². The maximum Gasteiger partial charge on any atom is 0.414 e. The summed E-state index contributed by atoms with van der Waals surface area (Å²) in [6, 6.07) is 5.65. The second-order valence-corrected chi connectivity index (χ2v) is 7.76. The molecule has 0 spiro atoms. The summed E-state index contributed by atoms with van der Waals surface area (Å²) in [5.41, 5.74) is 5.34. The number of nitrogens with zero attached hydrogens (tertiary/aromatic N) is 3. The van der Waals surface area contributed by atoms with E-state index >= 15 is 0 Å². The van der Waals surface area contributed by atoms with Crippen LogP contribution in [0.25, 0.3) is 0 Å². The fraction of sp³-hybridized carbons (Fsp3) is 0.368. The number of carbonyl (C=O) groups excluding carboxylic acids is 2. The lowest BCUT2D eigenvalue weighted by molar-refractivity contribution is -0.111. The highest BCUT2D eigenvalue weighted by Gasteiger charge is 2.33. The summed E-state index contributed by atoms with van der Waals surface area (Å²) in [7, 11) is 0. The van der Waals surface area contributed by atoms with E-state index in [0.29, 0.717) is 4.88 Å². The minimum Gasteiger partial charge on any atom is -0.443 e. The smallest absolute Gasteiger partial charge is 0.414 e. The van der Waals surface area contributed by atoms with E-state index in [1.165, 1.54) is 21.3 Å². The monoisotopic (exact) mass is 438 g/mol. The third-order valence-corrected chi connectivity index (χ3v) is 5.76. The number of carbonyl (C=O) groups is 2. The van der Waals surface area contributed by atoms with Gasteiger partial charge in [-0.05, 0) is 11.4 Å². The number of hydroxylamine groups is 2. The molecular weight excluding hydrogens is 418 g/mol. The summed E-state index contributed by atoms with van der Waals surface area (Å²) in [4.78, 5) is 33.0. The van der Waals surface area contributed by atoms with E-state index in [1.54, 1.807) is 17.5 Å². The average Bonchev–Trinajstić information content (AvgIpc) is 3.32. The Morgan fingerprint density at radius 3 is 2.63 bits per heavy atom. The average molecular weight is 438 g/mol. The molecule has 11 heteroatoms. The number of amides is 2. The van der Waals surface area contributed by atoms with E-state index < -0.39 is 23.8 Å². The Bertz CT molecular complexity index is 920. The minimum absolute atomic E-state index is 0.0651. The Hall–Kier alpha value is -2.76. The topological polar surface area (TPSA) is 88.3 Å². The molecule has 2 aromatic rings. The van der Waals surface area contributed by atoms with Gasteiger partial charge < -0.3 is 15.4 Å². The largest absolute Gasteiger partial charge is 0.443 e. The molecule has 30 heavy (non-hydrogen) atoms. The van der Waals surface area contributed by atoms with Crippen LogP contribution < -0.4 is 15.5 Å². The Balaban J connectivity index is 1.50. The number of thiophene rings is 1.